The van der Waals surface area contributed by atoms with E-state index in [1.807, 2.05) is 36.7 Å². The van der Waals surface area contributed by atoms with E-state index in [-0.39, 0.29) is 0 Å². The number of halogens is 2. The van der Waals surface area contributed by atoms with Gasteiger partial charge in [-0.3, -0.25) is 0 Å². The summed E-state index contributed by atoms with van der Waals surface area (Å²) in [7, 11) is 0. The summed E-state index contributed by atoms with van der Waals surface area (Å²) in [5, 5.41) is 0. The van der Waals surface area contributed by atoms with Crippen LogP contribution >= 0.6 is 0 Å². The van der Waals surface area contributed by atoms with Gasteiger partial charge in [0.1, 0.15) is 0 Å². The first-order valence-corrected chi connectivity index (χ1v) is 8.04. The van der Waals surface area contributed by atoms with E-state index >= 15 is 0 Å². The van der Waals surface area contributed by atoms with Crippen LogP contribution in [0.5, 0.6) is 0 Å². The highest BCUT2D eigenvalue weighted by molar-refractivity contribution is 5.67. The summed E-state index contributed by atoms with van der Waals surface area (Å²) in [4.78, 5) is 8.82. The number of hydrogen-bond acceptors (Lipinski definition) is 2. The Hall–Kier alpha value is -2.62. The summed E-state index contributed by atoms with van der Waals surface area (Å²) >= 11 is 0. The van der Waals surface area contributed by atoms with E-state index < -0.39 is 11.6 Å². The molecule has 122 valence electrons. The molecule has 0 spiro atoms. The Bertz CT molecular complexity index is 812. The number of nitrogens with zero attached hydrogens (tertiary/aromatic N) is 2. The first-order valence-electron chi connectivity index (χ1n) is 8.04. The van der Waals surface area contributed by atoms with Crippen molar-refractivity contribution in [3.8, 4) is 22.5 Å². The van der Waals surface area contributed by atoms with E-state index in [0.717, 1.165) is 42.0 Å². The topological polar surface area (TPSA) is 25.8 Å². The van der Waals surface area contributed by atoms with Gasteiger partial charge in [-0.25, -0.2) is 18.7 Å². The van der Waals surface area contributed by atoms with Crippen molar-refractivity contribution in [2.75, 3.05) is 0 Å². The number of aromatic nitrogens is 2. The maximum absolute atomic E-state index is 13.3. The van der Waals surface area contributed by atoms with Crippen LogP contribution in [0.2, 0.25) is 0 Å². The Labute approximate surface area is 140 Å². The molecular formula is C20H18F2N2. The van der Waals surface area contributed by atoms with Gasteiger partial charge in [0.25, 0.3) is 0 Å². The molecule has 3 rings (SSSR count). The van der Waals surface area contributed by atoms with Crippen LogP contribution in [-0.4, -0.2) is 9.97 Å². The van der Waals surface area contributed by atoms with Crippen LogP contribution in [0, 0.1) is 11.6 Å². The monoisotopic (exact) mass is 324 g/mol. The van der Waals surface area contributed by atoms with E-state index in [9.17, 15) is 8.78 Å². The zero-order chi connectivity index (χ0) is 16.9. The molecule has 0 saturated carbocycles. The van der Waals surface area contributed by atoms with Gasteiger partial charge in [0.05, 0.1) is 0 Å². The molecule has 2 aromatic carbocycles. The fourth-order valence-corrected chi connectivity index (χ4v) is 2.50. The molecule has 0 unspecified atom stereocenters. The van der Waals surface area contributed by atoms with E-state index in [2.05, 4.69) is 16.9 Å². The maximum Gasteiger partial charge on any atom is 0.159 e. The van der Waals surface area contributed by atoms with Crippen LogP contribution in [0.25, 0.3) is 22.5 Å². The molecule has 0 saturated heterocycles. The molecule has 1 aromatic heterocycles. The molecule has 0 aliphatic rings. The average molecular weight is 324 g/mol. The van der Waals surface area contributed by atoms with Crippen LogP contribution < -0.4 is 0 Å². The van der Waals surface area contributed by atoms with Crippen molar-refractivity contribution in [1.82, 2.24) is 9.97 Å². The molecule has 4 heteroatoms. The third-order valence-electron chi connectivity index (χ3n) is 3.92. The summed E-state index contributed by atoms with van der Waals surface area (Å²) in [6.45, 7) is 2.16. The van der Waals surface area contributed by atoms with Crippen LogP contribution in [0.3, 0.4) is 0 Å². The van der Waals surface area contributed by atoms with Gasteiger partial charge < -0.3 is 0 Å². The molecular weight excluding hydrogens is 306 g/mol. The second-order valence-electron chi connectivity index (χ2n) is 5.72. The first kappa shape index (κ1) is 16.2. The van der Waals surface area contributed by atoms with Crippen molar-refractivity contribution in [2.24, 2.45) is 0 Å². The van der Waals surface area contributed by atoms with Crippen LogP contribution in [-0.2, 0) is 6.42 Å². The highest BCUT2D eigenvalue weighted by atomic mass is 19.2. The van der Waals surface area contributed by atoms with Gasteiger partial charge in [-0.1, -0.05) is 43.7 Å². The van der Waals surface area contributed by atoms with Crippen molar-refractivity contribution in [3.63, 3.8) is 0 Å². The standard InChI is InChI=1S/C20H18F2N2/c1-2-3-4-14-12-23-20(24-13-14)16-7-5-15(6-8-16)17-9-10-18(21)19(22)11-17/h5-13H,2-4H2,1H3. The third kappa shape index (κ3) is 3.65. The molecule has 0 N–H and O–H groups in total. The van der Waals surface area contributed by atoms with Crippen LogP contribution in [0.15, 0.2) is 54.9 Å². The Morgan fingerprint density at radius 3 is 2.04 bits per heavy atom. The van der Waals surface area contributed by atoms with Crippen LogP contribution in [0.4, 0.5) is 8.78 Å². The molecule has 0 atom stereocenters. The summed E-state index contributed by atoms with van der Waals surface area (Å²) < 4.78 is 26.4. The summed E-state index contributed by atoms with van der Waals surface area (Å²) in [5.74, 6) is -1.03. The fourth-order valence-electron chi connectivity index (χ4n) is 2.50. The van der Waals surface area contributed by atoms with E-state index in [0.29, 0.717) is 11.4 Å². The predicted octanol–water partition coefficient (Wildman–Crippen LogP) is 5.43. The van der Waals surface area contributed by atoms with E-state index in [4.69, 9.17) is 0 Å². The van der Waals surface area contributed by atoms with Gasteiger partial charge in [-0.05, 0) is 41.7 Å². The molecule has 24 heavy (non-hydrogen) atoms. The van der Waals surface area contributed by atoms with Crippen molar-refractivity contribution in [1.29, 1.82) is 0 Å². The summed E-state index contributed by atoms with van der Waals surface area (Å²) in [6, 6.07) is 11.4. The molecule has 0 radical (unpaired) electrons. The fraction of sp³-hybridized carbons (Fsp3) is 0.200. The number of hydrogen-bond donors (Lipinski definition) is 0. The Kier molecular flexibility index (Phi) is 4.94. The Morgan fingerprint density at radius 1 is 0.792 bits per heavy atom. The van der Waals surface area contributed by atoms with Crippen molar-refractivity contribution >= 4 is 0 Å². The highest BCUT2D eigenvalue weighted by Gasteiger charge is 2.06. The second kappa shape index (κ2) is 7.30. The minimum atomic E-state index is -0.845. The van der Waals surface area contributed by atoms with E-state index in [1.54, 1.807) is 6.07 Å². The molecule has 0 bridgehead atoms. The number of rotatable bonds is 5. The normalized spacial score (nSPS) is 10.8. The zero-order valence-corrected chi connectivity index (χ0v) is 13.5. The van der Waals surface area contributed by atoms with Gasteiger partial charge in [0, 0.05) is 18.0 Å². The summed E-state index contributed by atoms with van der Waals surface area (Å²) in [5.41, 5.74) is 3.48. The number of benzene rings is 2. The second-order valence-corrected chi connectivity index (χ2v) is 5.72. The lowest BCUT2D eigenvalue weighted by atomic mass is 10.0. The molecule has 0 aliphatic carbocycles. The zero-order valence-electron chi connectivity index (χ0n) is 13.5. The van der Waals surface area contributed by atoms with Crippen molar-refractivity contribution < 1.29 is 8.78 Å². The molecule has 3 aromatic rings. The van der Waals surface area contributed by atoms with Gasteiger partial charge in [0.2, 0.25) is 0 Å². The molecule has 0 aliphatic heterocycles. The lowest BCUT2D eigenvalue weighted by Gasteiger charge is -2.05. The lowest BCUT2D eigenvalue weighted by Crippen LogP contribution is -1.93. The quantitative estimate of drug-likeness (QED) is 0.625. The van der Waals surface area contributed by atoms with Crippen LogP contribution in [0.1, 0.15) is 25.3 Å². The average Bonchev–Trinajstić information content (AvgIpc) is 2.63. The number of unbranched alkanes of at least 4 members (excludes halogenated alkanes) is 1. The largest absolute Gasteiger partial charge is 0.236 e. The van der Waals surface area contributed by atoms with Gasteiger partial charge >= 0.3 is 0 Å². The maximum atomic E-state index is 13.3. The minimum Gasteiger partial charge on any atom is -0.236 e. The van der Waals surface area contributed by atoms with Gasteiger partial charge in [-0.15, -0.1) is 0 Å². The molecule has 2 nitrogen and oxygen atoms in total. The third-order valence-corrected chi connectivity index (χ3v) is 3.92. The van der Waals surface area contributed by atoms with Gasteiger partial charge in [-0.2, -0.15) is 0 Å². The SMILES string of the molecule is CCCCc1cnc(-c2ccc(-c3ccc(F)c(F)c3)cc2)nc1. The van der Waals surface area contributed by atoms with E-state index in [1.165, 1.54) is 6.07 Å². The minimum absolute atomic E-state index is 0.635. The predicted molar refractivity (Wildman–Crippen MR) is 91.4 cm³/mol. The Balaban J connectivity index is 1.80. The Morgan fingerprint density at radius 2 is 1.42 bits per heavy atom. The van der Waals surface area contributed by atoms with Gasteiger partial charge in [0.15, 0.2) is 17.5 Å². The molecule has 1 heterocycles. The summed E-state index contributed by atoms with van der Waals surface area (Å²) in [6.07, 6.45) is 6.99. The highest BCUT2D eigenvalue weighted by Crippen LogP contribution is 2.24. The van der Waals surface area contributed by atoms with Crippen molar-refractivity contribution in [2.45, 2.75) is 26.2 Å². The smallest absolute Gasteiger partial charge is 0.159 e. The number of aryl methyl sites for hydroxylation is 1. The first-order chi connectivity index (χ1) is 11.7. The molecule has 0 fully saturated rings. The van der Waals surface area contributed by atoms with Crippen molar-refractivity contribution in [3.05, 3.63) is 72.1 Å². The molecule has 0 amide bonds. The lowest BCUT2D eigenvalue weighted by molar-refractivity contribution is 0.509.